The van der Waals surface area contributed by atoms with E-state index < -0.39 is 0 Å². The van der Waals surface area contributed by atoms with Crippen LogP contribution in [0.3, 0.4) is 0 Å². The number of hydrogen-bond acceptors (Lipinski definition) is 1. The summed E-state index contributed by atoms with van der Waals surface area (Å²) in [5.41, 5.74) is 0. The second-order valence-electron chi connectivity index (χ2n) is 0.577. The largest absolute Gasteiger partial charge is 2.00 e. The first-order chi connectivity index (χ1) is 3.91. The molecule has 0 aromatic rings. The Hall–Kier alpha value is 1.30. The predicted molar refractivity (Wildman–Crippen MR) is 39.1 cm³/mol. The van der Waals surface area contributed by atoms with Gasteiger partial charge in [-0.15, -0.1) is 0 Å². The third-order valence-corrected chi connectivity index (χ3v) is 0.158. The molecule has 0 bridgehead atoms. The molecule has 0 atom stereocenters. The Morgan fingerprint density at radius 1 is 1.10 bits per heavy atom. The summed E-state index contributed by atoms with van der Waals surface area (Å²) in [4.78, 5) is 0. The fourth-order valence-electron chi connectivity index (χ4n) is 0. The van der Waals surface area contributed by atoms with Gasteiger partial charge in [0.2, 0.25) is 0 Å². The molecule has 0 aliphatic carbocycles. The molecule has 0 aliphatic heterocycles. The van der Waals surface area contributed by atoms with Crippen molar-refractivity contribution in [1.29, 1.82) is 0 Å². The summed E-state index contributed by atoms with van der Waals surface area (Å²) >= 11 is 0. The quantitative estimate of drug-likeness (QED) is 0.539. The van der Waals surface area contributed by atoms with Gasteiger partial charge < -0.3 is 25.9 Å². The van der Waals surface area contributed by atoms with Crippen LogP contribution in [0.1, 0.15) is 20.3 Å². The van der Waals surface area contributed by atoms with Gasteiger partial charge >= 0.3 is 19.5 Å². The number of hydrogen-bond donors (Lipinski definition) is 1. The van der Waals surface area contributed by atoms with E-state index in [4.69, 9.17) is 5.11 Å². The van der Waals surface area contributed by atoms with Crippen LogP contribution in [0, 0.1) is 20.8 Å². The summed E-state index contributed by atoms with van der Waals surface area (Å²) < 4.78 is 0. The normalized spacial score (nSPS) is 4.20. The Balaban J connectivity index is -0.0000000125. The first kappa shape index (κ1) is 30.2. The minimum atomic E-state index is 0. The van der Waals surface area contributed by atoms with E-state index in [1.165, 1.54) is 0 Å². The maximum Gasteiger partial charge on any atom is 2.00 e. The molecule has 0 saturated heterocycles. The molecule has 0 spiro atoms. The van der Waals surface area contributed by atoms with Crippen molar-refractivity contribution in [2.75, 3.05) is 6.61 Å². The Morgan fingerprint density at radius 2 is 1.20 bits per heavy atom. The van der Waals surface area contributed by atoms with Crippen molar-refractivity contribution in [3.8, 4) is 0 Å². The van der Waals surface area contributed by atoms with E-state index in [-0.39, 0.29) is 47.8 Å². The van der Waals surface area contributed by atoms with Crippen molar-refractivity contribution in [1.82, 2.24) is 0 Å². The van der Waals surface area contributed by atoms with Crippen molar-refractivity contribution in [3.63, 3.8) is 0 Å². The van der Waals surface area contributed by atoms with Crippen molar-refractivity contribution < 1.29 is 46.3 Å². The maximum absolute atomic E-state index is 7.81. The van der Waals surface area contributed by atoms with Gasteiger partial charge in [-0.3, -0.25) is 0 Å². The number of aliphatic hydroxyl groups excluding tert-OH is 1. The minimum Gasteiger partial charge on any atom is -0.399 e. The zero-order valence-corrected chi connectivity index (χ0v) is 11.7. The van der Waals surface area contributed by atoms with E-state index in [2.05, 4.69) is 20.8 Å². The van der Waals surface area contributed by atoms with Gasteiger partial charge in [0.05, 0.1) is 0 Å². The van der Waals surface area contributed by atoms with Crippen LogP contribution in [0.4, 0.5) is 0 Å². The fourth-order valence-corrected chi connectivity index (χ4v) is 0. The average molecular weight is 230 g/mol. The third kappa shape index (κ3) is 121. The van der Waals surface area contributed by atoms with Gasteiger partial charge in [0.25, 0.3) is 0 Å². The molecule has 0 fully saturated rings. The monoisotopic (exact) mass is 229 g/mol. The fraction of sp³-hybridized carbons (Fsp3) is 0.571. The maximum atomic E-state index is 7.81. The van der Waals surface area contributed by atoms with Crippen LogP contribution in [-0.4, -0.2) is 11.7 Å². The molecule has 0 heterocycles. The van der Waals surface area contributed by atoms with Crippen molar-refractivity contribution in [2.24, 2.45) is 0 Å². The molecule has 0 amide bonds. The summed E-state index contributed by atoms with van der Waals surface area (Å²) in [6.07, 6.45) is 0.625. The summed E-state index contributed by atoms with van der Waals surface area (Å²) in [6, 6.07) is 0. The molecule has 1 nitrogen and oxygen atoms in total. The molecule has 0 aromatic carbocycles. The van der Waals surface area contributed by atoms with Crippen molar-refractivity contribution in [3.05, 3.63) is 20.8 Å². The smallest absolute Gasteiger partial charge is 0.399 e. The average Bonchev–Trinajstić information content (AvgIpc) is 1.96. The molecule has 1 N–H and O–H groups in total. The molecule has 0 saturated carbocycles. The Bertz CT molecular complexity index is 15.6. The van der Waals surface area contributed by atoms with Gasteiger partial charge in [-0.25, -0.2) is 0 Å². The molecule has 0 aliphatic rings. The SMILES string of the molecule is [CH2-]C.[CH2-]C.[CH2-]CCO.[Ti].[Zn+2]. The van der Waals surface area contributed by atoms with E-state index in [9.17, 15) is 0 Å². The van der Waals surface area contributed by atoms with Gasteiger partial charge in [0.1, 0.15) is 0 Å². The summed E-state index contributed by atoms with van der Waals surface area (Å²) in [6.45, 7) is 13.6. The van der Waals surface area contributed by atoms with Gasteiger partial charge in [0.15, 0.2) is 0 Å². The topological polar surface area (TPSA) is 20.2 Å². The third-order valence-electron chi connectivity index (χ3n) is 0.158. The van der Waals surface area contributed by atoms with E-state index in [0.29, 0.717) is 6.42 Å². The molecular weight excluding hydrogens is 213 g/mol. The van der Waals surface area contributed by atoms with Gasteiger partial charge in [0, 0.05) is 28.3 Å². The van der Waals surface area contributed by atoms with Crippen molar-refractivity contribution >= 4 is 0 Å². The minimum absolute atomic E-state index is 0. The number of rotatable bonds is 1. The molecular formula is C7H17OTiZn-. The summed E-state index contributed by atoms with van der Waals surface area (Å²) in [5, 5.41) is 7.81. The van der Waals surface area contributed by atoms with Gasteiger partial charge in [-0.05, 0) is 0 Å². The van der Waals surface area contributed by atoms with Gasteiger partial charge in [-0.2, -0.15) is 20.3 Å². The summed E-state index contributed by atoms with van der Waals surface area (Å²) in [7, 11) is 0. The second kappa shape index (κ2) is 81.9. The molecule has 58 valence electrons. The van der Waals surface area contributed by atoms with Crippen LogP contribution in [0.2, 0.25) is 0 Å². The number of aliphatic hydroxyl groups is 1. The molecule has 0 aromatic heterocycles. The van der Waals surface area contributed by atoms with E-state index in [1.54, 1.807) is 13.8 Å². The van der Waals surface area contributed by atoms with Crippen LogP contribution in [0.15, 0.2) is 0 Å². The molecule has 3 heteroatoms. The second-order valence-corrected chi connectivity index (χ2v) is 0.577. The van der Waals surface area contributed by atoms with Crippen LogP contribution < -0.4 is 0 Å². The first-order valence-electron chi connectivity index (χ1n) is 2.73. The Morgan fingerprint density at radius 3 is 1.20 bits per heavy atom. The molecule has 0 unspecified atom stereocenters. The zero-order valence-electron chi connectivity index (χ0n) is 7.19. The zero-order chi connectivity index (χ0) is 7.41. The van der Waals surface area contributed by atoms with E-state index >= 15 is 0 Å². The van der Waals surface area contributed by atoms with Gasteiger partial charge in [-0.1, -0.05) is 0 Å². The predicted octanol–water partition coefficient (Wildman–Crippen LogP) is 1.88. The summed E-state index contributed by atoms with van der Waals surface area (Å²) in [5.74, 6) is 0. The van der Waals surface area contributed by atoms with Crippen molar-refractivity contribution in [2.45, 2.75) is 20.3 Å². The first-order valence-corrected chi connectivity index (χ1v) is 2.73. The Labute approximate surface area is 93.6 Å². The van der Waals surface area contributed by atoms with Crippen LogP contribution in [0.5, 0.6) is 0 Å². The van der Waals surface area contributed by atoms with Crippen LogP contribution in [0.25, 0.3) is 0 Å². The molecule has 10 heavy (non-hydrogen) atoms. The van der Waals surface area contributed by atoms with Crippen LogP contribution in [-0.2, 0) is 41.2 Å². The van der Waals surface area contributed by atoms with E-state index in [1.807, 2.05) is 0 Å². The Kier molecular flexibility index (Phi) is 247. The standard InChI is InChI=1S/C3H7O.2C2H5.Ti.Zn/c1-2-3-4;2*1-2;;/h4H,1-3H2;2*1H2,2H3;;/q3*-1;;+2. The van der Waals surface area contributed by atoms with Crippen LogP contribution >= 0.6 is 0 Å². The molecule has 0 radical (unpaired) electrons. The van der Waals surface area contributed by atoms with E-state index in [0.717, 1.165) is 0 Å². The molecule has 0 rings (SSSR count).